The quantitative estimate of drug-likeness (QED) is 0.779. The summed E-state index contributed by atoms with van der Waals surface area (Å²) >= 11 is 1.82. The number of nitrogens with one attached hydrogen (secondary N) is 1. The predicted molar refractivity (Wildman–Crippen MR) is 67.4 cm³/mol. The Morgan fingerprint density at radius 3 is 2.87 bits per heavy atom. The van der Waals surface area contributed by atoms with Crippen molar-refractivity contribution in [1.29, 1.82) is 0 Å². The molecular formula is C13H21NS. The maximum absolute atomic E-state index is 3.65. The molecule has 0 aromatic carbocycles. The summed E-state index contributed by atoms with van der Waals surface area (Å²) in [5, 5.41) is 8.14. The summed E-state index contributed by atoms with van der Waals surface area (Å²) in [5.74, 6) is 0. The molecule has 1 fully saturated rings. The highest BCUT2D eigenvalue weighted by atomic mass is 32.1. The van der Waals surface area contributed by atoms with Gasteiger partial charge in [0, 0.05) is 6.04 Å². The van der Waals surface area contributed by atoms with E-state index in [9.17, 15) is 0 Å². The van der Waals surface area contributed by atoms with Crippen LogP contribution in [0.2, 0.25) is 0 Å². The number of hydrogen-bond donors (Lipinski definition) is 1. The molecule has 1 aromatic heterocycles. The Hall–Kier alpha value is -0.340. The molecule has 1 nitrogen and oxygen atoms in total. The van der Waals surface area contributed by atoms with Crippen LogP contribution >= 0.6 is 11.3 Å². The molecule has 1 heterocycles. The second kappa shape index (κ2) is 4.67. The summed E-state index contributed by atoms with van der Waals surface area (Å²) in [5.41, 5.74) is 2.11. The van der Waals surface area contributed by atoms with Crippen LogP contribution < -0.4 is 5.32 Å². The van der Waals surface area contributed by atoms with Gasteiger partial charge in [0.15, 0.2) is 0 Å². The molecule has 15 heavy (non-hydrogen) atoms. The van der Waals surface area contributed by atoms with Gasteiger partial charge >= 0.3 is 0 Å². The van der Waals surface area contributed by atoms with E-state index < -0.39 is 0 Å². The number of thiophene rings is 1. The molecular weight excluding hydrogens is 202 g/mol. The van der Waals surface area contributed by atoms with Crippen molar-refractivity contribution in [3.63, 3.8) is 0 Å². The van der Waals surface area contributed by atoms with E-state index in [-0.39, 0.29) is 0 Å². The highest BCUT2D eigenvalue weighted by molar-refractivity contribution is 7.07. The van der Waals surface area contributed by atoms with Gasteiger partial charge in [-0.25, -0.2) is 0 Å². The van der Waals surface area contributed by atoms with Gasteiger partial charge in [-0.3, -0.25) is 0 Å². The average Bonchev–Trinajstić information content (AvgIpc) is 2.83. The third-order valence-corrected chi connectivity index (χ3v) is 4.38. The van der Waals surface area contributed by atoms with Crippen LogP contribution in [0.4, 0.5) is 0 Å². The molecule has 2 rings (SSSR count). The van der Waals surface area contributed by atoms with Crippen molar-refractivity contribution in [3.05, 3.63) is 22.4 Å². The van der Waals surface area contributed by atoms with Crippen LogP contribution in [0.15, 0.2) is 16.8 Å². The fourth-order valence-electron chi connectivity index (χ4n) is 2.30. The summed E-state index contributed by atoms with van der Waals surface area (Å²) in [4.78, 5) is 0. The number of hydrogen-bond acceptors (Lipinski definition) is 2. The van der Waals surface area contributed by atoms with Gasteiger partial charge in [-0.1, -0.05) is 6.92 Å². The van der Waals surface area contributed by atoms with Crippen LogP contribution in [0.5, 0.6) is 0 Å². The zero-order valence-corrected chi connectivity index (χ0v) is 10.6. The van der Waals surface area contributed by atoms with Gasteiger partial charge < -0.3 is 5.32 Å². The SMILES string of the molecule is CCCNC(C)C1(Cc2ccsc2)CC1. The molecule has 2 heteroatoms. The zero-order valence-electron chi connectivity index (χ0n) is 9.75. The van der Waals surface area contributed by atoms with Crippen LogP contribution in [0, 0.1) is 5.41 Å². The van der Waals surface area contributed by atoms with Crippen LogP contribution in [0.1, 0.15) is 38.7 Å². The Kier molecular flexibility index (Phi) is 3.47. The van der Waals surface area contributed by atoms with Crippen molar-refractivity contribution >= 4 is 11.3 Å². The average molecular weight is 223 g/mol. The Labute approximate surface area is 96.9 Å². The van der Waals surface area contributed by atoms with Crippen LogP contribution in [0.3, 0.4) is 0 Å². The van der Waals surface area contributed by atoms with E-state index in [4.69, 9.17) is 0 Å². The molecule has 1 aromatic rings. The Morgan fingerprint density at radius 1 is 1.53 bits per heavy atom. The largest absolute Gasteiger partial charge is 0.314 e. The first kappa shape index (κ1) is 11.2. The maximum Gasteiger partial charge on any atom is 0.00983 e. The number of rotatable bonds is 6. The molecule has 0 spiro atoms. The lowest BCUT2D eigenvalue weighted by molar-refractivity contribution is 0.350. The second-order valence-electron chi connectivity index (χ2n) is 4.85. The van der Waals surface area contributed by atoms with Crippen molar-refractivity contribution < 1.29 is 0 Å². The van der Waals surface area contributed by atoms with Crippen LogP contribution in [-0.4, -0.2) is 12.6 Å². The predicted octanol–water partition coefficient (Wildman–Crippen LogP) is 3.46. The minimum absolute atomic E-state index is 0.580. The third kappa shape index (κ3) is 2.61. The minimum Gasteiger partial charge on any atom is -0.314 e. The van der Waals surface area contributed by atoms with E-state index in [1.165, 1.54) is 31.2 Å². The monoisotopic (exact) mass is 223 g/mol. The molecule has 0 bridgehead atoms. The minimum atomic E-state index is 0.580. The molecule has 84 valence electrons. The lowest BCUT2D eigenvalue weighted by Crippen LogP contribution is -2.36. The van der Waals surface area contributed by atoms with Gasteiger partial charge in [0.25, 0.3) is 0 Å². The molecule has 1 unspecified atom stereocenters. The van der Waals surface area contributed by atoms with Crippen molar-refractivity contribution in [2.75, 3.05) is 6.54 Å². The van der Waals surface area contributed by atoms with Gasteiger partial charge in [0.1, 0.15) is 0 Å². The van der Waals surface area contributed by atoms with Gasteiger partial charge in [0.05, 0.1) is 0 Å². The second-order valence-corrected chi connectivity index (χ2v) is 5.63. The molecule has 1 saturated carbocycles. The zero-order chi connectivity index (χ0) is 10.7. The first-order chi connectivity index (χ1) is 7.27. The Morgan fingerprint density at radius 2 is 2.33 bits per heavy atom. The normalized spacial score (nSPS) is 20.1. The fraction of sp³-hybridized carbons (Fsp3) is 0.692. The molecule has 0 saturated heterocycles. The van der Waals surface area contributed by atoms with Gasteiger partial charge in [-0.05, 0) is 67.0 Å². The van der Waals surface area contributed by atoms with Crippen molar-refractivity contribution in [2.24, 2.45) is 5.41 Å². The van der Waals surface area contributed by atoms with E-state index in [1.54, 1.807) is 0 Å². The highest BCUT2D eigenvalue weighted by Crippen LogP contribution is 2.51. The van der Waals surface area contributed by atoms with Crippen molar-refractivity contribution in [2.45, 2.75) is 45.6 Å². The lowest BCUT2D eigenvalue weighted by Gasteiger charge is -2.24. The smallest absolute Gasteiger partial charge is 0.00983 e. The molecule has 1 aliphatic carbocycles. The summed E-state index contributed by atoms with van der Waals surface area (Å²) in [6.07, 6.45) is 5.31. The van der Waals surface area contributed by atoms with E-state index >= 15 is 0 Å². The summed E-state index contributed by atoms with van der Waals surface area (Å²) in [6, 6.07) is 2.95. The van der Waals surface area contributed by atoms with E-state index in [0.29, 0.717) is 11.5 Å². The van der Waals surface area contributed by atoms with Gasteiger partial charge in [-0.15, -0.1) is 0 Å². The van der Waals surface area contributed by atoms with Crippen LogP contribution in [-0.2, 0) is 6.42 Å². The molecule has 0 radical (unpaired) electrons. The maximum atomic E-state index is 3.65. The molecule has 1 aliphatic rings. The summed E-state index contributed by atoms with van der Waals surface area (Å²) < 4.78 is 0. The van der Waals surface area contributed by atoms with Gasteiger partial charge in [-0.2, -0.15) is 11.3 Å². The van der Waals surface area contributed by atoms with Gasteiger partial charge in [0.2, 0.25) is 0 Å². The first-order valence-electron chi connectivity index (χ1n) is 6.01. The third-order valence-electron chi connectivity index (χ3n) is 3.65. The molecule has 0 aliphatic heterocycles. The molecule has 1 atom stereocenters. The van der Waals surface area contributed by atoms with Crippen LogP contribution in [0.25, 0.3) is 0 Å². The standard InChI is InChI=1S/C13H21NS/c1-3-7-14-11(2)13(5-6-13)9-12-4-8-15-10-12/h4,8,10-11,14H,3,5-7,9H2,1-2H3. The molecule has 0 amide bonds. The van der Waals surface area contributed by atoms with Crippen molar-refractivity contribution in [3.8, 4) is 0 Å². The van der Waals surface area contributed by atoms with E-state index in [0.717, 1.165) is 6.54 Å². The summed E-state index contributed by atoms with van der Waals surface area (Å²) in [6.45, 7) is 5.75. The van der Waals surface area contributed by atoms with E-state index in [2.05, 4.69) is 36.0 Å². The van der Waals surface area contributed by atoms with Crippen molar-refractivity contribution in [1.82, 2.24) is 5.32 Å². The highest BCUT2D eigenvalue weighted by Gasteiger charge is 2.46. The Balaban J connectivity index is 1.89. The topological polar surface area (TPSA) is 12.0 Å². The lowest BCUT2D eigenvalue weighted by atomic mass is 9.91. The van der Waals surface area contributed by atoms with E-state index in [1.807, 2.05) is 11.3 Å². The molecule has 1 N–H and O–H groups in total. The first-order valence-corrected chi connectivity index (χ1v) is 6.95. The fourth-order valence-corrected chi connectivity index (χ4v) is 2.97. The summed E-state index contributed by atoms with van der Waals surface area (Å²) in [7, 11) is 0. The Bertz CT molecular complexity index is 287.